The minimum Gasteiger partial charge on any atom is -0.350 e. The number of aromatic nitrogens is 1. The average Bonchev–Trinajstić information content (AvgIpc) is 2.63. The standard InChI is InChI=1S/C12H20N2S/c1-9(15-2)8-14-7-6-10-11(13)4-3-5-12(10)14/h6-7,9,11H,3-5,8,13H2,1-2H3. The molecule has 0 fully saturated rings. The molecule has 2 unspecified atom stereocenters. The molecule has 1 aliphatic carbocycles. The molecular formula is C12H20N2S. The fourth-order valence-corrected chi connectivity index (χ4v) is 2.62. The number of nitrogens with two attached hydrogens (primary N) is 1. The largest absolute Gasteiger partial charge is 0.350 e. The fourth-order valence-electron chi connectivity index (χ4n) is 2.32. The van der Waals surface area contributed by atoms with E-state index >= 15 is 0 Å². The molecule has 2 nitrogen and oxygen atoms in total. The molecule has 1 heterocycles. The van der Waals surface area contributed by atoms with E-state index in [0.29, 0.717) is 5.25 Å². The number of hydrogen-bond donors (Lipinski definition) is 1. The Hall–Kier alpha value is -0.410. The zero-order valence-corrected chi connectivity index (χ0v) is 10.4. The van der Waals surface area contributed by atoms with Crippen molar-refractivity contribution in [3.8, 4) is 0 Å². The minimum atomic E-state index is 0.277. The normalized spacial score (nSPS) is 22.5. The summed E-state index contributed by atoms with van der Waals surface area (Å²) in [4.78, 5) is 0. The molecule has 0 aromatic carbocycles. The van der Waals surface area contributed by atoms with Crippen molar-refractivity contribution in [1.29, 1.82) is 0 Å². The number of rotatable bonds is 3. The lowest BCUT2D eigenvalue weighted by molar-refractivity contribution is 0.538. The van der Waals surface area contributed by atoms with Crippen molar-refractivity contribution in [2.45, 2.75) is 44.0 Å². The van der Waals surface area contributed by atoms with Crippen LogP contribution in [0.4, 0.5) is 0 Å². The molecule has 1 aromatic heterocycles. The lowest BCUT2D eigenvalue weighted by Crippen LogP contribution is -2.19. The Morgan fingerprint density at radius 1 is 1.67 bits per heavy atom. The molecule has 3 heteroatoms. The van der Waals surface area contributed by atoms with Gasteiger partial charge in [0.1, 0.15) is 0 Å². The molecule has 2 rings (SSSR count). The SMILES string of the molecule is CSC(C)Cn1ccc2c1CCCC2N. The first-order valence-corrected chi connectivity index (χ1v) is 6.97. The van der Waals surface area contributed by atoms with Gasteiger partial charge in [-0.1, -0.05) is 6.92 Å². The van der Waals surface area contributed by atoms with E-state index in [1.165, 1.54) is 24.1 Å². The van der Waals surface area contributed by atoms with Crippen LogP contribution in [-0.4, -0.2) is 16.1 Å². The van der Waals surface area contributed by atoms with Crippen molar-refractivity contribution >= 4 is 11.8 Å². The third kappa shape index (κ3) is 2.23. The van der Waals surface area contributed by atoms with Crippen molar-refractivity contribution in [2.75, 3.05) is 6.26 Å². The summed E-state index contributed by atoms with van der Waals surface area (Å²) in [5, 5.41) is 0.680. The summed E-state index contributed by atoms with van der Waals surface area (Å²) >= 11 is 1.92. The average molecular weight is 224 g/mol. The van der Waals surface area contributed by atoms with Crippen molar-refractivity contribution in [3.63, 3.8) is 0 Å². The van der Waals surface area contributed by atoms with Gasteiger partial charge < -0.3 is 10.3 Å². The van der Waals surface area contributed by atoms with Crippen LogP contribution in [0.2, 0.25) is 0 Å². The van der Waals surface area contributed by atoms with E-state index in [2.05, 4.69) is 30.0 Å². The van der Waals surface area contributed by atoms with Gasteiger partial charge in [-0.25, -0.2) is 0 Å². The molecule has 0 saturated heterocycles. The van der Waals surface area contributed by atoms with Gasteiger partial charge in [-0.05, 0) is 37.1 Å². The smallest absolute Gasteiger partial charge is 0.0338 e. The van der Waals surface area contributed by atoms with Crippen LogP contribution in [0.3, 0.4) is 0 Å². The lowest BCUT2D eigenvalue weighted by atomic mass is 9.94. The summed E-state index contributed by atoms with van der Waals surface area (Å²) in [7, 11) is 0. The van der Waals surface area contributed by atoms with Gasteiger partial charge in [-0.15, -0.1) is 0 Å². The first kappa shape index (κ1) is 11.1. The van der Waals surface area contributed by atoms with Crippen molar-refractivity contribution in [3.05, 3.63) is 23.5 Å². The van der Waals surface area contributed by atoms with Crippen LogP contribution >= 0.6 is 11.8 Å². The lowest BCUT2D eigenvalue weighted by Gasteiger charge is -2.22. The molecule has 2 atom stereocenters. The Balaban J connectivity index is 2.19. The van der Waals surface area contributed by atoms with Gasteiger partial charge in [0.25, 0.3) is 0 Å². The summed E-state index contributed by atoms with van der Waals surface area (Å²) in [6.45, 7) is 3.39. The summed E-state index contributed by atoms with van der Waals surface area (Å²) < 4.78 is 2.40. The Morgan fingerprint density at radius 3 is 3.20 bits per heavy atom. The van der Waals surface area contributed by atoms with Crippen LogP contribution in [-0.2, 0) is 13.0 Å². The number of fused-ring (bicyclic) bond motifs is 1. The maximum Gasteiger partial charge on any atom is 0.0338 e. The predicted octanol–water partition coefficient (Wildman–Crippen LogP) is 2.58. The minimum absolute atomic E-state index is 0.277. The fraction of sp³-hybridized carbons (Fsp3) is 0.667. The topological polar surface area (TPSA) is 30.9 Å². The monoisotopic (exact) mass is 224 g/mol. The van der Waals surface area contributed by atoms with Crippen LogP contribution in [0.25, 0.3) is 0 Å². The van der Waals surface area contributed by atoms with Crippen LogP contribution in [0, 0.1) is 0 Å². The van der Waals surface area contributed by atoms with Crippen LogP contribution < -0.4 is 5.73 Å². The second-order valence-corrected chi connectivity index (χ2v) is 5.69. The summed E-state index contributed by atoms with van der Waals surface area (Å²) in [5.74, 6) is 0. The zero-order chi connectivity index (χ0) is 10.8. The van der Waals surface area contributed by atoms with Crippen LogP contribution in [0.15, 0.2) is 12.3 Å². The van der Waals surface area contributed by atoms with Gasteiger partial charge in [0.05, 0.1) is 0 Å². The summed E-state index contributed by atoms with van der Waals surface area (Å²) in [6.07, 6.45) is 7.98. The molecule has 0 bridgehead atoms. The molecule has 1 aromatic rings. The van der Waals surface area contributed by atoms with E-state index < -0.39 is 0 Å². The van der Waals surface area contributed by atoms with E-state index in [4.69, 9.17) is 5.73 Å². The van der Waals surface area contributed by atoms with E-state index in [0.717, 1.165) is 13.0 Å². The third-order valence-corrected chi connectivity index (χ3v) is 4.25. The predicted molar refractivity (Wildman–Crippen MR) is 67.3 cm³/mol. The number of hydrogen-bond acceptors (Lipinski definition) is 2. The molecular weight excluding hydrogens is 204 g/mol. The second-order valence-electron chi connectivity index (χ2n) is 4.42. The van der Waals surface area contributed by atoms with E-state index in [1.807, 2.05) is 11.8 Å². The molecule has 2 N–H and O–H groups in total. The molecule has 0 spiro atoms. The summed E-state index contributed by atoms with van der Waals surface area (Å²) in [5.41, 5.74) is 8.97. The van der Waals surface area contributed by atoms with Gasteiger partial charge in [-0.3, -0.25) is 0 Å². The Kier molecular flexibility index (Phi) is 3.42. The van der Waals surface area contributed by atoms with Crippen LogP contribution in [0.5, 0.6) is 0 Å². The Bertz CT molecular complexity index is 332. The van der Waals surface area contributed by atoms with Crippen molar-refractivity contribution in [2.24, 2.45) is 5.73 Å². The van der Waals surface area contributed by atoms with Gasteiger partial charge in [0.15, 0.2) is 0 Å². The maximum absolute atomic E-state index is 6.10. The highest BCUT2D eigenvalue weighted by Crippen LogP contribution is 2.29. The molecule has 84 valence electrons. The highest BCUT2D eigenvalue weighted by atomic mass is 32.2. The number of nitrogens with zero attached hydrogens (tertiary/aromatic N) is 1. The Labute approximate surface area is 96.2 Å². The molecule has 1 aliphatic rings. The van der Waals surface area contributed by atoms with Gasteiger partial charge in [-0.2, -0.15) is 11.8 Å². The molecule has 0 aliphatic heterocycles. The highest BCUT2D eigenvalue weighted by molar-refractivity contribution is 7.99. The molecule has 0 saturated carbocycles. The molecule has 0 amide bonds. The first-order valence-electron chi connectivity index (χ1n) is 5.68. The van der Waals surface area contributed by atoms with Gasteiger partial charge in [0.2, 0.25) is 0 Å². The van der Waals surface area contributed by atoms with E-state index in [9.17, 15) is 0 Å². The zero-order valence-electron chi connectivity index (χ0n) is 9.57. The van der Waals surface area contributed by atoms with Crippen LogP contribution in [0.1, 0.15) is 37.1 Å². The third-order valence-electron chi connectivity index (χ3n) is 3.30. The van der Waals surface area contributed by atoms with Crippen molar-refractivity contribution in [1.82, 2.24) is 4.57 Å². The molecule has 0 radical (unpaired) electrons. The van der Waals surface area contributed by atoms with Crippen molar-refractivity contribution < 1.29 is 0 Å². The second kappa shape index (κ2) is 4.62. The first-order chi connectivity index (χ1) is 7.22. The van der Waals surface area contributed by atoms with E-state index in [-0.39, 0.29) is 6.04 Å². The summed E-state index contributed by atoms with van der Waals surface area (Å²) in [6, 6.07) is 2.49. The quantitative estimate of drug-likeness (QED) is 0.855. The van der Waals surface area contributed by atoms with Gasteiger partial charge in [0, 0.05) is 29.7 Å². The van der Waals surface area contributed by atoms with E-state index in [1.54, 1.807) is 0 Å². The van der Waals surface area contributed by atoms with Gasteiger partial charge >= 0.3 is 0 Å². The highest BCUT2D eigenvalue weighted by Gasteiger charge is 2.20. The number of thioether (sulfide) groups is 1. The maximum atomic E-state index is 6.10. The Morgan fingerprint density at radius 2 is 2.47 bits per heavy atom. The molecule has 15 heavy (non-hydrogen) atoms.